The van der Waals surface area contributed by atoms with E-state index in [0.29, 0.717) is 118 Å². The molecule has 7 rings (SSSR count). The second-order valence-corrected chi connectivity index (χ2v) is 26.8. The summed E-state index contributed by atoms with van der Waals surface area (Å²) in [5, 5.41) is 30.0. The number of aliphatic hydroxyl groups is 1. The van der Waals surface area contributed by atoms with Crippen molar-refractivity contribution in [1.82, 2.24) is 56.7 Å². The van der Waals surface area contributed by atoms with Crippen molar-refractivity contribution in [2.45, 2.75) is 134 Å². The zero-order chi connectivity index (χ0) is 75.2. The number of sulfone groups is 1. The maximum Gasteiger partial charge on any atom is 0.343 e. The number of hydrogen-bond acceptors (Lipinski definition) is 25. The van der Waals surface area contributed by atoms with E-state index in [2.05, 4.69) is 59.0 Å². The zero-order valence-electron chi connectivity index (χ0n) is 59.4. The van der Waals surface area contributed by atoms with Gasteiger partial charge in [0.1, 0.15) is 49.9 Å². The number of hydrogen-bond donors (Lipinski definition) is 8. The number of esters is 1. The Morgan fingerprint density at radius 2 is 1.27 bits per heavy atom. The Balaban J connectivity index is 0.790. The van der Waals surface area contributed by atoms with Crippen molar-refractivity contribution in [2.75, 3.05) is 132 Å². The molecule has 1 aromatic carbocycles. The number of nitrogens with zero attached hydrogens (tertiary/aromatic N) is 4. The van der Waals surface area contributed by atoms with Gasteiger partial charge in [0.2, 0.25) is 56.3 Å². The smallest absolute Gasteiger partial charge is 0.343 e. The Morgan fingerprint density at radius 3 is 1.86 bits per heavy atom. The van der Waals surface area contributed by atoms with Gasteiger partial charge in [-0.05, 0) is 76.1 Å². The Kier molecular flexibility index (Phi) is 33.3. The van der Waals surface area contributed by atoms with Crippen LogP contribution in [-0.2, 0) is 121 Å². The number of unbranched alkanes of at least 4 members (excludes halogenated alkanes) is 1. The Hall–Kier alpha value is -8.54. The number of methoxy groups -OCH3 is 1. The predicted molar refractivity (Wildman–Crippen MR) is 368 cm³/mol. The van der Waals surface area contributed by atoms with E-state index < -0.39 is 112 Å². The van der Waals surface area contributed by atoms with Crippen LogP contribution in [0.2, 0.25) is 0 Å². The first-order chi connectivity index (χ1) is 49.9. The number of cyclic esters (lactones) is 1. The van der Waals surface area contributed by atoms with Crippen LogP contribution in [0.4, 0.5) is 4.39 Å². The van der Waals surface area contributed by atoms with Crippen molar-refractivity contribution in [3.05, 3.63) is 80.1 Å². The van der Waals surface area contributed by atoms with Crippen molar-refractivity contribution in [3.8, 4) is 23.2 Å². The highest BCUT2D eigenvalue weighted by atomic mass is 32.2. The molecule has 2 aliphatic heterocycles. The van der Waals surface area contributed by atoms with Gasteiger partial charge in [-0.15, -0.1) is 0 Å². The number of nitrogens with one attached hydrogen (secondary N) is 7. The average molecular weight is 1480 g/mol. The van der Waals surface area contributed by atoms with Crippen molar-refractivity contribution >= 4 is 68.1 Å². The number of pyridine rings is 2. The molecular weight excluding hydrogens is 1390 g/mol. The molecule has 7 amide bonds. The quantitative estimate of drug-likeness (QED) is 0.00815. The lowest BCUT2D eigenvalue weighted by atomic mass is 9.84. The third-order valence-corrected chi connectivity index (χ3v) is 17.5. The van der Waals surface area contributed by atoms with Crippen LogP contribution < -0.4 is 42.8 Å². The van der Waals surface area contributed by atoms with E-state index in [1.54, 1.807) is 26.2 Å². The Bertz CT molecular complexity index is 3870. The minimum Gasteiger partial charge on any atom is -0.458 e. The second-order valence-electron chi connectivity index (χ2n) is 24.9. The third kappa shape index (κ3) is 26.0. The molecule has 33 nitrogen and oxygen atoms in total. The number of rotatable bonds is 47. The number of amides is 7. The number of fused-ring (bicyclic) bond motifs is 5. The van der Waals surface area contributed by atoms with Crippen LogP contribution >= 0.6 is 0 Å². The first-order valence-corrected chi connectivity index (χ1v) is 36.2. The van der Waals surface area contributed by atoms with Crippen LogP contribution in [0.15, 0.2) is 40.5 Å². The molecule has 1 saturated carbocycles. The molecule has 570 valence electrons. The van der Waals surface area contributed by atoms with Gasteiger partial charge in [-0.2, -0.15) is 0 Å². The largest absolute Gasteiger partial charge is 0.458 e. The van der Waals surface area contributed by atoms with Crippen molar-refractivity contribution < 1.29 is 104 Å². The van der Waals surface area contributed by atoms with Gasteiger partial charge in [-0.1, -0.05) is 24.7 Å². The molecule has 3 aliphatic rings. The molecule has 5 atom stereocenters. The van der Waals surface area contributed by atoms with Gasteiger partial charge in [0.25, 0.3) is 5.56 Å². The van der Waals surface area contributed by atoms with Gasteiger partial charge in [0.15, 0.2) is 5.60 Å². The SMILES string of the molecule is COCCOCCOCCOCCOCCOCCOCCOCCNC(=O)[C@H](CCC(=O)N[C@@H](C)C(=O)N[C@@H](C)C(=O)N[C@@H](C)C(=O)NCOCC(=O)NCc1c2c(nc3cc(F)c(C)cc13)-c1cc3c(c(=O)n1C2)COC(=O)[C@]3(O)CC1CC1)NC(=O)CCCC#Cc1cnc(S(C)(=O)=O)nc1. The zero-order valence-corrected chi connectivity index (χ0v) is 60.2. The van der Waals surface area contributed by atoms with E-state index in [1.165, 1.54) is 43.8 Å². The lowest BCUT2D eigenvalue weighted by Crippen LogP contribution is -2.54. The monoisotopic (exact) mass is 1480 g/mol. The molecule has 8 N–H and O–H groups in total. The number of carbonyl (C=O) groups is 8. The van der Waals surface area contributed by atoms with Gasteiger partial charge < -0.3 is 94.3 Å². The maximum atomic E-state index is 15.1. The van der Waals surface area contributed by atoms with Gasteiger partial charge in [0.05, 0.1) is 134 Å². The second kappa shape index (κ2) is 41.8. The normalized spacial score (nSPS) is 15.6. The van der Waals surface area contributed by atoms with E-state index in [4.69, 9.17) is 52.4 Å². The summed E-state index contributed by atoms with van der Waals surface area (Å²) in [5.74, 6) is -0.249. The Morgan fingerprint density at radius 1 is 0.702 bits per heavy atom. The minimum absolute atomic E-state index is 0.0182. The molecule has 0 radical (unpaired) electrons. The van der Waals surface area contributed by atoms with Crippen molar-refractivity contribution in [2.24, 2.45) is 5.92 Å². The fourth-order valence-electron chi connectivity index (χ4n) is 10.8. The molecule has 1 fully saturated rings. The highest BCUT2D eigenvalue weighted by Crippen LogP contribution is 2.46. The molecule has 1 aliphatic carbocycles. The minimum atomic E-state index is -3.60. The van der Waals surface area contributed by atoms with E-state index in [-0.39, 0.29) is 112 Å². The number of aromatic nitrogens is 4. The van der Waals surface area contributed by atoms with Crippen LogP contribution in [0, 0.1) is 30.5 Å². The third-order valence-electron chi connectivity index (χ3n) is 16.6. The highest BCUT2D eigenvalue weighted by Gasteiger charge is 2.49. The summed E-state index contributed by atoms with van der Waals surface area (Å²) in [4.78, 5) is 132. The maximum absolute atomic E-state index is 15.1. The van der Waals surface area contributed by atoms with Gasteiger partial charge in [0, 0.05) is 80.7 Å². The fourth-order valence-corrected chi connectivity index (χ4v) is 11.2. The van der Waals surface area contributed by atoms with Gasteiger partial charge >= 0.3 is 5.97 Å². The van der Waals surface area contributed by atoms with E-state index in [0.717, 1.165) is 19.1 Å². The number of aryl methyl sites for hydroxylation is 1. The number of ether oxygens (including phenoxy) is 10. The summed E-state index contributed by atoms with van der Waals surface area (Å²) < 4.78 is 93.9. The van der Waals surface area contributed by atoms with E-state index in [9.17, 15) is 56.7 Å². The summed E-state index contributed by atoms with van der Waals surface area (Å²) in [6, 6.07) is -0.332. The fraction of sp³-hybridized carbons (Fsp3) is 0.594. The lowest BCUT2D eigenvalue weighted by Gasteiger charge is -2.32. The average Bonchev–Trinajstić information content (AvgIpc) is 1.50. The molecule has 0 saturated heterocycles. The molecule has 0 bridgehead atoms. The molecule has 3 aromatic heterocycles. The summed E-state index contributed by atoms with van der Waals surface area (Å²) >= 11 is 0. The molecule has 0 spiro atoms. The number of carbonyl (C=O) groups excluding carboxylic acids is 8. The molecule has 0 unspecified atom stereocenters. The van der Waals surface area contributed by atoms with Crippen LogP contribution in [0.3, 0.4) is 0 Å². The topological polar surface area (TPSA) is 428 Å². The highest BCUT2D eigenvalue weighted by molar-refractivity contribution is 7.90. The van der Waals surface area contributed by atoms with Gasteiger partial charge in [-0.25, -0.2) is 32.6 Å². The van der Waals surface area contributed by atoms with Crippen LogP contribution in [0.1, 0.15) is 106 Å². The molecular formula is C69H94FN11O22S. The predicted octanol–water partition coefficient (Wildman–Crippen LogP) is -0.303. The van der Waals surface area contributed by atoms with Crippen molar-refractivity contribution in [1.29, 1.82) is 0 Å². The standard InChI is InChI=1S/C69H94FN11O22S/c1-43-32-49-50(51-39-81-57(61(51)80-56(49)34-54(43)70)33-53-52(66(81)89)40-103-67(90)69(53,91)35-47-12-13-47)38-72-60(84)41-102-42-75-62(85)44(2)77-64(87)46(4)78-63(86)45(3)76-59(83)15-14-55(79-58(82)11-9-7-8-10-48-36-73-68(74-37-48)104(6,92)93)65(88)71-16-17-95-20-21-97-24-25-99-28-29-101-31-30-100-27-26-98-23-22-96-19-18-94-5/h32-34,36-37,44-47,55,91H,7,9,11-31,35,38-42H2,1-6H3,(H,71,88)(H,72,84)(H,75,85)(H,76,83)(H,77,87)(H,78,86)(H,79,82)/t44-,45-,46-,55-,69-/m0/s1. The first kappa shape index (κ1) is 82.7. The molecule has 5 heterocycles. The molecule has 4 aromatic rings. The lowest BCUT2D eigenvalue weighted by molar-refractivity contribution is -0.173. The van der Waals surface area contributed by atoms with Crippen LogP contribution in [0.25, 0.3) is 22.3 Å². The van der Waals surface area contributed by atoms with Crippen LogP contribution in [-0.4, -0.2) is 237 Å². The van der Waals surface area contributed by atoms with Crippen LogP contribution in [0.5, 0.6) is 0 Å². The van der Waals surface area contributed by atoms with Gasteiger partial charge in [-0.3, -0.25) is 38.4 Å². The Labute approximate surface area is 601 Å². The summed E-state index contributed by atoms with van der Waals surface area (Å²) in [5.41, 5.74) is 0.426. The summed E-state index contributed by atoms with van der Waals surface area (Å²) in [6.45, 7) is 10.00. The molecule has 104 heavy (non-hydrogen) atoms. The van der Waals surface area contributed by atoms with Crippen molar-refractivity contribution in [3.63, 3.8) is 0 Å². The van der Waals surface area contributed by atoms with E-state index in [1.807, 2.05) is 0 Å². The summed E-state index contributed by atoms with van der Waals surface area (Å²) in [7, 11) is -1.99. The number of benzene rings is 1. The number of halogens is 1. The van der Waals surface area contributed by atoms with E-state index >= 15 is 4.39 Å². The first-order valence-electron chi connectivity index (χ1n) is 34.3. The summed E-state index contributed by atoms with van der Waals surface area (Å²) in [6.07, 6.45) is 5.22. The molecule has 35 heteroatoms.